The van der Waals surface area contributed by atoms with Gasteiger partial charge < -0.3 is 25.0 Å². The number of thioether (sulfide) groups is 1. The number of hydrogen-bond acceptors (Lipinski definition) is 5. The molecule has 0 radical (unpaired) electrons. The van der Waals surface area contributed by atoms with Crippen molar-refractivity contribution in [1.82, 2.24) is 5.32 Å². The number of ether oxygens (including phenoxy) is 2. The van der Waals surface area contributed by atoms with E-state index in [1.165, 1.54) is 22.8 Å². The third-order valence-corrected chi connectivity index (χ3v) is 5.75. The summed E-state index contributed by atoms with van der Waals surface area (Å²) in [5, 5.41) is 6.65. The maximum atomic E-state index is 5.59. The summed E-state index contributed by atoms with van der Waals surface area (Å²) >= 11 is 2.03. The third kappa shape index (κ3) is 7.68. The first-order chi connectivity index (χ1) is 14.7. The van der Waals surface area contributed by atoms with E-state index in [2.05, 4.69) is 46.7 Å². The Hall–Kier alpha value is -1.81. The van der Waals surface area contributed by atoms with E-state index in [0.717, 1.165) is 37.0 Å². The van der Waals surface area contributed by atoms with Crippen LogP contribution in [0.4, 0.5) is 11.4 Å². The zero-order valence-electron chi connectivity index (χ0n) is 18.5. The minimum Gasteiger partial charge on any atom is -0.493 e. The van der Waals surface area contributed by atoms with E-state index in [1.54, 1.807) is 7.11 Å². The van der Waals surface area contributed by atoms with Crippen molar-refractivity contribution in [3.05, 3.63) is 48.0 Å². The van der Waals surface area contributed by atoms with Crippen molar-refractivity contribution >= 4 is 53.1 Å². The number of aliphatic imine (C=N–C) groups is 1. The maximum Gasteiger partial charge on any atom is 0.196 e. The second kappa shape index (κ2) is 13.6. The van der Waals surface area contributed by atoms with Crippen LogP contribution in [0.5, 0.6) is 11.5 Å². The highest BCUT2D eigenvalue weighted by atomic mass is 127. The predicted molar refractivity (Wildman–Crippen MR) is 144 cm³/mol. The minimum atomic E-state index is 0. The highest BCUT2D eigenvalue weighted by molar-refractivity contribution is 14.0. The molecule has 170 valence electrons. The molecule has 8 heteroatoms. The maximum absolute atomic E-state index is 5.59. The number of anilines is 2. The Balaban J connectivity index is 0.00000341. The molecule has 1 saturated heterocycles. The van der Waals surface area contributed by atoms with Gasteiger partial charge in [0.1, 0.15) is 0 Å². The van der Waals surface area contributed by atoms with Crippen molar-refractivity contribution < 1.29 is 9.47 Å². The van der Waals surface area contributed by atoms with Gasteiger partial charge in [-0.1, -0.05) is 12.1 Å². The number of nitrogens with one attached hydrogen (secondary N) is 2. The van der Waals surface area contributed by atoms with Gasteiger partial charge in [-0.3, -0.25) is 0 Å². The topological polar surface area (TPSA) is 58.1 Å². The Labute approximate surface area is 207 Å². The fraction of sp³-hybridized carbons (Fsp3) is 0.435. The van der Waals surface area contributed by atoms with E-state index in [1.807, 2.05) is 36.9 Å². The minimum absolute atomic E-state index is 0. The van der Waals surface area contributed by atoms with Crippen LogP contribution in [0.2, 0.25) is 0 Å². The Morgan fingerprint density at radius 2 is 1.81 bits per heavy atom. The number of rotatable bonds is 8. The molecule has 0 spiro atoms. The summed E-state index contributed by atoms with van der Waals surface area (Å²) in [5.74, 6) is 4.59. The van der Waals surface area contributed by atoms with E-state index in [9.17, 15) is 0 Å². The number of benzene rings is 2. The third-order valence-electron chi connectivity index (χ3n) is 4.80. The molecule has 0 bridgehead atoms. The van der Waals surface area contributed by atoms with E-state index < -0.39 is 0 Å². The zero-order chi connectivity index (χ0) is 21.2. The monoisotopic (exact) mass is 556 g/mol. The van der Waals surface area contributed by atoms with Crippen LogP contribution in [0.25, 0.3) is 0 Å². The second-order valence-electron chi connectivity index (χ2n) is 6.88. The van der Waals surface area contributed by atoms with Crippen LogP contribution in [-0.4, -0.2) is 50.8 Å². The molecular weight excluding hydrogens is 523 g/mol. The van der Waals surface area contributed by atoms with Gasteiger partial charge in [0.25, 0.3) is 0 Å². The Kier molecular flexibility index (Phi) is 11.1. The Morgan fingerprint density at radius 1 is 1.06 bits per heavy atom. The van der Waals surface area contributed by atoms with Crippen LogP contribution < -0.4 is 25.0 Å². The fourth-order valence-corrected chi connectivity index (χ4v) is 4.17. The molecule has 2 aromatic carbocycles. The smallest absolute Gasteiger partial charge is 0.196 e. The van der Waals surface area contributed by atoms with Crippen LogP contribution in [0, 0.1) is 0 Å². The SMILES string of the molecule is CCNC(=NCc1ccc(N2CCSCC2)cc1)Nc1ccc(OCC)c(OC)c1.I. The number of halogens is 1. The van der Waals surface area contributed by atoms with Crippen molar-refractivity contribution in [2.45, 2.75) is 20.4 Å². The first-order valence-electron chi connectivity index (χ1n) is 10.5. The molecule has 6 nitrogen and oxygen atoms in total. The summed E-state index contributed by atoms with van der Waals surface area (Å²) in [6.07, 6.45) is 0. The summed E-state index contributed by atoms with van der Waals surface area (Å²) in [5.41, 5.74) is 3.38. The molecule has 2 aromatic rings. The lowest BCUT2D eigenvalue weighted by Gasteiger charge is -2.28. The van der Waals surface area contributed by atoms with E-state index >= 15 is 0 Å². The standard InChI is InChI=1S/C23H32N4O2S.HI/c1-4-24-23(26-19-8-11-21(29-5-2)22(16-19)28-3)25-17-18-6-9-20(10-7-18)27-12-14-30-15-13-27;/h6-11,16H,4-5,12-15,17H2,1-3H3,(H2,24,25,26);1H. The highest BCUT2D eigenvalue weighted by Gasteiger charge is 2.11. The lowest BCUT2D eigenvalue weighted by atomic mass is 10.2. The fourth-order valence-electron chi connectivity index (χ4n) is 3.27. The molecule has 3 rings (SSSR count). The molecule has 0 aromatic heterocycles. The van der Waals surface area contributed by atoms with Crippen LogP contribution >= 0.6 is 35.7 Å². The number of guanidine groups is 1. The molecule has 1 aliphatic heterocycles. The molecule has 2 N–H and O–H groups in total. The summed E-state index contributed by atoms with van der Waals surface area (Å²) in [6, 6.07) is 14.5. The van der Waals surface area contributed by atoms with E-state index in [0.29, 0.717) is 18.9 Å². The van der Waals surface area contributed by atoms with Crippen LogP contribution in [0.15, 0.2) is 47.5 Å². The van der Waals surface area contributed by atoms with Crippen molar-refractivity contribution in [3.8, 4) is 11.5 Å². The van der Waals surface area contributed by atoms with Gasteiger partial charge in [-0.05, 0) is 43.7 Å². The average Bonchev–Trinajstić information content (AvgIpc) is 2.79. The summed E-state index contributed by atoms with van der Waals surface area (Å²) in [6.45, 7) is 8.26. The van der Waals surface area contributed by atoms with Gasteiger partial charge in [-0.15, -0.1) is 24.0 Å². The van der Waals surface area contributed by atoms with Gasteiger partial charge >= 0.3 is 0 Å². The van der Waals surface area contributed by atoms with Gasteiger partial charge in [0.05, 0.1) is 20.3 Å². The van der Waals surface area contributed by atoms with Crippen LogP contribution in [-0.2, 0) is 6.54 Å². The highest BCUT2D eigenvalue weighted by Crippen LogP contribution is 2.30. The summed E-state index contributed by atoms with van der Waals surface area (Å²) < 4.78 is 11.0. The van der Waals surface area contributed by atoms with Gasteiger partial charge in [0.15, 0.2) is 17.5 Å². The molecule has 0 atom stereocenters. The Morgan fingerprint density at radius 3 is 2.45 bits per heavy atom. The van der Waals surface area contributed by atoms with E-state index in [-0.39, 0.29) is 24.0 Å². The number of hydrogen-bond donors (Lipinski definition) is 2. The molecule has 0 unspecified atom stereocenters. The van der Waals surface area contributed by atoms with Gasteiger partial charge in [-0.25, -0.2) is 4.99 Å². The summed E-state index contributed by atoms with van der Waals surface area (Å²) in [4.78, 5) is 7.19. The summed E-state index contributed by atoms with van der Waals surface area (Å²) in [7, 11) is 1.65. The predicted octanol–water partition coefficient (Wildman–Crippen LogP) is 4.84. The van der Waals surface area contributed by atoms with Crippen molar-refractivity contribution in [1.29, 1.82) is 0 Å². The molecule has 0 aliphatic carbocycles. The largest absolute Gasteiger partial charge is 0.493 e. The lowest BCUT2D eigenvalue weighted by molar-refractivity contribution is 0.311. The first-order valence-corrected chi connectivity index (χ1v) is 11.7. The number of nitrogens with zero attached hydrogens (tertiary/aromatic N) is 2. The molecule has 0 amide bonds. The molecular formula is C23H33IN4O2S. The molecule has 31 heavy (non-hydrogen) atoms. The van der Waals surface area contributed by atoms with E-state index in [4.69, 9.17) is 14.5 Å². The average molecular weight is 557 g/mol. The first kappa shape index (κ1) is 25.5. The van der Waals surface area contributed by atoms with Crippen molar-refractivity contribution in [2.75, 3.05) is 55.1 Å². The number of methoxy groups -OCH3 is 1. The molecule has 1 heterocycles. The normalized spacial score (nSPS) is 13.9. The Bertz CT molecular complexity index is 827. The zero-order valence-corrected chi connectivity index (χ0v) is 21.7. The second-order valence-corrected chi connectivity index (χ2v) is 8.11. The van der Waals surface area contributed by atoms with Crippen molar-refractivity contribution in [3.63, 3.8) is 0 Å². The molecule has 1 fully saturated rings. The quantitative estimate of drug-likeness (QED) is 0.276. The van der Waals surface area contributed by atoms with Crippen molar-refractivity contribution in [2.24, 2.45) is 4.99 Å². The van der Waals surface area contributed by atoms with Gasteiger partial charge in [-0.2, -0.15) is 11.8 Å². The van der Waals surface area contributed by atoms with Gasteiger partial charge in [0.2, 0.25) is 0 Å². The molecule has 1 aliphatic rings. The van der Waals surface area contributed by atoms with Gasteiger partial charge in [0, 0.05) is 48.6 Å². The molecule has 0 saturated carbocycles. The lowest BCUT2D eigenvalue weighted by Crippen LogP contribution is -2.32. The van der Waals surface area contributed by atoms with Crippen LogP contribution in [0.1, 0.15) is 19.4 Å². The van der Waals surface area contributed by atoms with Crippen LogP contribution in [0.3, 0.4) is 0 Å².